The van der Waals surface area contributed by atoms with Gasteiger partial charge in [0.2, 0.25) is 5.89 Å². The minimum absolute atomic E-state index is 0.00352. The number of nitrogens with two attached hydrogens (primary N) is 1. The quantitative estimate of drug-likeness (QED) is 0.682. The minimum Gasteiger partial charge on any atom is -0.419 e. The van der Waals surface area contributed by atoms with E-state index in [0.717, 1.165) is 0 Å². The van der Waals surface area contributed by atoms with Gasteiger partial charge in [-0.15, -0.1) is 10.2 Å². The zero-order valence-electron chi connectivity index (χ0n) is 10.0. The molecule has 1 heterocycles. The van der Waals surface area contributed by atoms with Crippen LogP contribution in [0.15, 0.2) is 22.6 Å². The first-order valence-electron chi connectivity index (χ1n) is 5.56. The summed E-state index contributed by atoms with van der Waals surface area (Å²) in [6.07, 6.45) is 0.617. The molecule has 7 nitrogen and oxygen atoms in total. The third-order valence-electron chi connectivity index (χ3n) is 2.60. The fourth-order valence-electron chi connectivity index (χ4n) is 1.54. The third kappa shape index (κ3) is 2.56. The van der Waals surface area contributed by atoms with E-state index in [1.807, 2.05) is 6.92 Å². The average Bonchev–Trinajstić information content (AvgIpc) is 2.86. The molecule has 19 heavy (non-hydrogen) atoms. The highest BCUT2D eigenvalue weighted by atomic mass is 35.5. The number of halogens is 1. The molecule has 1 aromatic heterocycles. The molecule has 0 saturated heterocycles. The van der Waals surface area contributed by atoms with E-state index in [4.69, 9.17) is 21.8 Å². The molecule has 0 saturated carbocycles. The van der Waals surface area contributed by atoms with Gasteiger partial charge in [0.15, 0.2) is 0 Å². The molecule has 0 aliphatic heterocycles. The van der Waals surface area contributed by atoms with Crippen LogP contribution in [0.4, 0.5) is 5.69 Å². The Morgan fingerprint density at radius 2 is 2.26 bits per heavy atom. The maximum atomic E-state index is 11.0. The molecule has 8 heteroatoms. The molecule has 0 bridgehead atoms. The molecule has 2 aromatic rings. The third-order valence-corrected chi connectivity index (χ3v) is 2.91. The summed E-state index contributed by atoms with van der Waals surface area (Å²) in [5, 5.41) is 18.7. The van der Waals surface area contributed by atoms with E-state index in [1.54, 1.807) is 0 Å². The molecule has 2 rings (SSSR count). The molecule has 0 aliphatic carbocycles. The van der Waals surface area contributed by atoms with Gasteiger partial charge < -0.3 is 10.2 Å². The lowest BCUT2D eigenvalue weighted by Crippen LogP contribution is -2.08. The van der Waals surface area contributed by atoms with Crippen LogP contribution >= 0.6 is 11.6 Å². The Morgan fingerprint density at radius 1 is 1.53 bits per heavy atom. The topological polar surface area (TPSA) is 108 Å². The first-order valence-corrected chi connectivity index (χ1v) is 5.94. The fourth-order valence-corrected chi connectivity index (χ4v) is 1.79. The monoisotopic (exact) mass is 282 g/mol. The Balaban J connectivity index is 2.53. The molecule has 0 fully saturated rings. The molecule has 1 atom stereocenters. The largest absolute Gasteiger partial charge is 0.419 e. The highest BCUT2D eigenvalue weighted by molar-refractivity contribution is 6.33. The van der Waals surface area contributed by atoms with Gasteiger partial charge in [-0.05, 0) is 12.5 Å². The van der Waals surface area contributed by atoms with Crippen LogP contribution in [0.1, 0.15) is 25.3 Å². The van der Waals surface area contributed by atoms with Crippen molar-refractivity contribution < 1.29 is 9.34 Å². The number of rotatable bonds is 4. The summed E-state index contributed by atoms with van der Waals surface area (Å²) in [4.78, 5) is 10.4. The summed E-state index contributed by atoms with van der Waals surface area (Å²) in [6, 6.07) is 3.93. The summed E-state index contributed by atoms with van der Waals surface area (Å²) < 4.78 is 5.36. The molecule has 0 aliphatic rings. The SMILES string of the molecule is CCC(N)c1nnc(-c2c(Cl)cccc2[N+](=O)[O-])o1. The van der Waals surface area contributed by atoms with Crippen molar-refractivity contribution in [3.8, 4) is 11.5 Å². The summed E-state index contributed by atoms with van der Waals surface area (Å²) in [5.41, 5.74) is 5.68. The average molecular weight is 283 g/mol. The zero-order valence-corrected chi connectivity index (χ0v) is 10.8. The number of nitro benzene ring substituents is 1. The van der Waals surface area contributed by atoms with E-state index in [0.29, 0.717) is 6.42 Å². The lowest BCUT2D eigenvalue weighted by molar-refractivity contribution is -0.384. The van der Waals surface area contributed by atoms with Crippen LogP contribution in [-0.4, -0.2) is 15.1 Å². The summed E-state index contributed by atoms with van der Waals surface area (Å²) in [7, 11) is 0. The fraction of sp³-hybridized carbons (Fsp3) is 0.273. The number of hydrogen-bond acceptors (Lipinski definition) is 6. The Morgan fingerprint density at radius 3 is 2.89 bits per heavy atom. The number of aromatic nitrogens is 2. The lowest BCUT2D eigenvalue weighted by atomic mass is 10.2. The van der Waals surface area contributed by atoms with Gasteiger partial charge in [-0.25, -0.2) is 0 Å². The Labute approximate surface area is 113 Å². The van der Waals surface area contributed by atoms with Gasteiger partial charge in [-0.2, -0.15) is 0 Å². The van der Waals surface area contributed by atoms with E-state index in [2.05, 4.69) is 10.2 Å². The Kier molecular flexibility index (Phi) is 3.77. The first-order chi connectivity index (χ1) is 9.04. The Hall–Kier alpha value is -1.99. The Bertz CT molecular complexity index is 614. The van der Waals surface area contributed by atoms with Gasteiger partial charge in [-0.3, -0.25) is 10.1 Å². The van der Waals surface area contributed by atoms with Gasteiger partial charge in [0.25, 0.3) is 11.6 Å². The smallest absolute Gasteiger partial charge is 0.283 e. The molecule has 0 amide bonds. The number of nitrogens with zero attached hydrogens (tertiary/aromatic N) is 3. The van der Waals surface area contributed by atoms with Crippen molar-refractivity contribution in [2.24, 2.45) is 5.73 Å². The van der Waals surface area contributed by atoms with Crippen LogP contribution in [0.3, 0.4) is 0 Å². The van der Waals surface area contributed by atoms with Gasteiger partial charge in [-0.1, -0.05) is 24.6 Å². The van der Waals surface area contributed by atoms with Crippen LogP contribution in [0.25, 0.3) is 11.5 Å². The van der Waals surface area contributed by atoms with Gasteiger partial charge >= 0.3 is 0 Å². The van der Waals surface area contributed by atoms with E-state index < -0.39 is 11.0 Å². The van der Waals surface area contributed by atoms with Crippen molar-refractivity contribution in [2.75, 3.05) is 0 Å². The van der Waals surface area contributed by atoms with Crippen LogP contribution in [0, 0.1) is 10.1 Å². The summed E-state index contributed by atoms with van der Waals surface area (Å²) in [5.74, 6) is 0.225. The van der Waals surface area contributed by atoms with Crippen LogP contribution in [0.2, 0.25) is 5.02 Å². The summed E-state index contributed by atoms with van der Waals surface area (Å²) >= 11 is 5.97. The second kappa shape index (κ2) is 5.33. The normalized spacial score (nSPS) is 12.4. The lowest BCUT2D eigenvalue weighted by Gasteiger charge is -2.02. The molecular formula is C11H11ClN4O3. The predicted molar refractivity (Wildman–Crippen MR) is 68.6 cm³/mol. The van der Waals surface area contributed by atoms with Crippen molar-refractivity contribution in [1.82, 2.24) is 10.2 Å². The van der Waals surface area contributed by atoms with Crippen molar-refractivity contribution in [1.29, 1.82) is 0 Å². The van der Waals surface area contributed by atoms with Crippen molar-refractivity contribution in [3.63, 3.8) is 0 Å². The molecule has 0 spiro atoms. The predicted octanol–water partition coefficient (Wildman–Crippen LogP) is 2.71. The maximum absolute atomic E-state index is 11.0. The van der Waals surface area contributed by atoms with Crippen molar-refractivity contribution >= 4 is 17.3 Å². The second-order valence-electron chi connectivity index (χ2n) is 3.85. The molecule has 0 radical (unpaired) electrons. The minimum atomic E-state index is -0.551. The van der Waals surface area contributed by atoms with Gasteiger partial charge in [0.05, 0.1) is 16.0 Å². The molecule has 100 valence electrons. The molecule has 1 aromatic carbocycles. The number of hydrogen-bond donors (Lipinski definition) is 1. The number of nitro groups is 1. The highest BCUT2D eigenvalue weighted by Gasteiger charge is 2.24. The van der Waals surface area contributed by atoms with E-state index in [9.17, 15) is 10.1 Å². The molecular weight excluding hydrogens is 272 g/mol. The van der Waals surface area contributed by atoms with E-state index in [-0.39, 0.29) is 28.1 Å². The van der Waals surface area contributed by atoms with E-state index in [1.165, 1.54) is 18.2 Å². The van der Waals surface area contributed by atoms with Gasteiger partial charge in [0.1, 0.15) is 5.56 Å². The van der Waals surface area contributed by atoms with E-state index >= 15 is 0 Å². The molecule has 1 unspecified atom stereocenters. The van der Waals surface area contributed by atoms with Crippen molar-refractivity contribution in [2.45, 2.75) is 19.4 Å². The van der Waals surface area contributed by atoms with Crippen LogP contribution in [-0.2, 0) is 0 Å². The first kappa shape index (κ1) is 13.4. The summed E-state index contributed by atoms with van der Waals surface area (Å²) in [6.45, 7) is 1.87. The van der Waals surface area contributed by atoms with Crippen LogP contribution in [0.5, 0.6) is 0 Å². The van der Waals surface area contributed by atoms with Gasteiger partial charge in [0, 0.05) is 6.07 Å². The standard InChI is InChI=1S/C11H11ClN4O3/c1-2-7(13)10-14-15-11(19-10)9-6(12)4-3-5-8(9)16(17)18/h3-5,7H,2,13H2,1H3. The maximum Gasteiger partial charge on any atom is 0.283 e. The molecule has 2 N–H and O–H groups in total. The second-order valence-corrected chi connectivity index (χ2v) is 4.26. The number of benzene rings is 1. The highest BCUT2D eigenvalue weighted by Crippen LogP contribution is 2.35. The van der Waals surface area contributed by atoms with Crippen LogP contribution < -0.4 is 5.73 Å². The van der Waals surface area contributed by atoms with Crippen molar-refractivity contribution in [3.05, 3.63) is 39.2 Å². The zero-order chi connectivity index (χ0) is 14.0.